The van der Waals surface area contributed by atoms with Gasteiger partial charge in [0.1, 0.15) is 0 Å². The zero-order chi connectivity index (χ0) is 10.7. The Hall–Kier alpha value is -0.960. The van der Waals surface area contributed by atoms with Gasteiger partial charge in [0.05, 0.1) is 11.0 Å². The van der Waals surface area contributed by atoms with Gasteiger partial charge in [-0.1, -0.05) is 30.8 Å². The molecule has 0 bridgehead atoms. The first kappa shape index (κ1) is 10.6. The monoisotopic (exact) mass is 220 g/mol. The van der Waals surface area contributed by atoms with E-state index >= 15 is 0 Å². The zero-order valence-electron chi connectivity index (χ0n) is 9.23. The van der Waals surface area contributed by atoms with Crippen LogP contribution >= 0.6 is 11.8 Å². The molecule has 0 aliphatic rings. The molecule has 0 atom stereocenters. The van der Waals surface area contributed by atoms with Crippen molar-refractivity contribution in [3.8, 4) is 0 Å². The maximum atomic E-state index is 4.65. The molecule has 2 rings (SSSR count). The highest BCUT2D eigenvalue weighted by Gasteiger charge is 2.08. The van der Waals surface area contributed by atoms with Crippen molar-refractivity contribution in [1.29, 1.82) is 0 Å². The number of nitrogens with zero attached hydrogens (tertiary/aromatic N) is 2. The summed E-state index contributed by atoms with van der Waals surface area (Å²) in [5.41, 5.74) is 2.36. The standard InChI is InChI=1S/C12H16N2S/c1-3-9-15-12-13-10-7-5-6-8-11(10)14(12)4-2/h5-8H,3-4,9H2,1-2H3. The molecule has 0 radical (unpaired) electrons. The lowest BCUT2D eigenvalue weighted by atomic mass is 10.3. The van der Waals surface area contributed by atoms with Crippen molar-refractivity contribution in [2.24, 2.45) is 0 Å². The Kier molecular flexibility index (Phi) is 3.31. The second-order valence-corrected chi connectivity index (χ2v) is 4.54. The average molecular weight is 220 g/mol. The number of aromatic nitrogens is 2. The molecule has 0 spiro atoms. The quantitative estimate of drug-likeness (QED) is 0.733. The van der Waals surface area contributed by atoms with Gasteiger partial charge in [0, 0.05) is 12.3 Å². The van der Waals surface area contributed by atoms with Crippen LogP contribution < -0.4 is 0 Å². The van der Waals surface area contributed by atoms with E-state index < -0.39 is 0 Å². The van der Waals surface area contributed by atoms with E-state index in [1.807, 2.05) is 17.8 Å². The van der Waals surface area contributed by atoms with Crippen molar-refractivity contribution in [3.05, 3.63) is 24.3 Å². The lowest BCUT2D eigenvalue weighted by Crippen LogP contribution is -1.96. The van der Waals surface area contributed by atoms with Crippen LogP contribution in [-0.2, 0) is 6.54 Å². The molecular weight excluding hydrogens is 204 g/mol. The molecule has 0 unspecified atom stereocenters. The SMILES string of the molecule is CCCSc1nc2ccccc2n1CC. The zero-order valence-corrected chi connectivity index (χ0v) is 10.0. The van der Waals surface area contributed by atoms with Crippen LogP contribution in [0.4, 0.5) is 0 Å². The topological polar surface area (TPSA) is 17.8 Å². The van der Waals surface area contributed by atoms with Gasteiger partial charge in [-0.3, -0.25) is 0 Å². The summed E-state index contributed by atoms with van der Waals surface area (Å²) in [5, 5.41) is 1.15. The van der Waals surface area contributed by atoms with Crippen molar-refractivity contribution < 1.29 is 0 Å². The first-order chi connectivity index (χ1) is 7.36. The number of para-hydroxylation sites is 2. The summed E-state index contributed by atoms with van der Waals surface area (Å²) >= 11 is 1.85. The Morgan fingerprint density at radius 1 is 1.27 bits per heavy atom. The molecule has 80 valence electrons. The fourth-order valence-electron chi connectivity index (χ4n) is 1.66. The highest BCUT2D eigenvalue weighted by molar-refractivity contribution is 7.99. The van der Waals surface area contributed by atoms with E-state index in [2.05, 4.69) is 41.6 Å². The molecule has 0 N–H and O–H groups in total. The highest BCUT2D eigenvalue weighted by atomic mass is 32.2. The highest BCUT2D eigenvalue weighted by Crippen LogP contribution is 2.24. The first-order valence-electron chi connectivity index (χ1n) is 5.45. The van der Waals surface area contributed by atoms with Crippen molar-refractivity contribution in [2.45, 2.75) is 32.0 Å². The molecule has 2 nitrogen and oxygen atoms in total. The van der Waals surface area contributed by atoms with E-state index in [1.165, 1.54) is 11.9 Å². The third-order valence-electron chi connectivity index (χ3n) is 2.37. The molecule has 0 saturated heterocycles. The van der Waals surface area contributed by atoms with Crippen LogP contribution in [0.3, 0.4) is 0 Å². The minimum absolute atomic E-state index is 0.993. The maximum absolute atomic E-state index is 4.65. The maximum Gasteiger partial charge on any atom is 0.169 e. The number of imidazole rings is 1. The largest absolute Gasteiger partial charge is 0.319 e. The molecule has 0 saturated carbocycles. The Labute approximate surface area is 94.7 Å². The molecule has 0 aliphatic heterocycles. The molecule has 3 heteroatoms. The van der Waals surface area contributed by atoms with Gasteiger partial charge in [0.2, 0.25) is 0 Å². The van der Waals surface area contributed by atoms with Gasteiger partial charge in [-0.05, 0) is 25.5 Å². The van der Waals surface area contributed by atoms with E-state index in [-0.39, 0.29) is 0 Å². The number of aryl methyl sites for hydroxylation is 1. The molecule has 2 aromatic rings. The fraction of sp³-hybridized carbons (Fsp3) is 0.417. The van der Waals surface area contributed by atoms with Crippen LogP contribution in [0.15, 0.2) is 29.4 Å². The average Bonchev–Trinajstić information content (AvgIpc) is 2.63. The predicted octanol–water partition coefficient (Wildman–Crippen LogP) is 3.56. The Bertz CT molecular complexity index is 448. The summed E-state index contributed by atoms with van der Waals surface area (Å²) in [6.45, 7) is 5.36. The number of benzene rings is 1. The van der Waals surface area contributed by atoms with Gasteiger partial charge in [0.25, 0.3) is 0 Å². The van der Waals surface area contributed by atoms with Crippen molar-refractivity contribution in [2.75, 3.05) is 5.75 Å². The van der Waals surface area contributed by atoms with Crippen LogP contribution in [0.25, 0.3) is 11.0 Å². The van der Waals surface area contributed by atoms with Crippen molar-refractivity contribution in [3.63, 3.8) is 0 Å². The lowest BCUT2D eigenvalue weighted by Gasteiger charge is -2.03. The molecule has 1 aromatic carbocycles. The molecular formula is C12H16N2S. The molecule has 0 fully saturated rings. The summed E-state index contributed by atoms with van der Waals surface area (Å²) in [7, 11) is 0. The molecule has 0 amide bonds. The van der Waals surface area contributed by atoms with Gasteiger partial charge in [-0.25, -0.2) is 4.98 Å². The van der Waals surface area contributed by atoms with E-state index in [9.17, 15) is 0 Å². The fourth-order valence-corrected chi connectivity index (χ4v) is 2.60. The molecule has 15 heavy (non-hydrogen) atoms. The minimum atomic E-state index is 0.993. The molecule has 1 aromatic heterocycles. The van der Waals surface area contributed by atoms with Gasteiger partial charge in [0.15, 0.2) is 5.16 Å². The summed E-state index contributed by atoms with van der Waals surface area (Å²) < 4.78 is 2.29. The van der Waals surface area contributed by atoms with E-state index in [1.54, 1.807) is 0 Å². The van der Waals surface area contributed by atoms with Crippen LogP contribution in [0.5, 0.6) is 0 Å². The second kappa shape index (κ2) is 4.71. The number of rotatable bonds is 4. The first-order valence-corrected chi connectivity index (χ1v) is 6.43. The third-order valence-corrected chi connectivity index (χ3v) is 3.55. The number of hydrogen-bond donors (Lipinski definition) is 0. The van der Waals surface area contributed by atoms with Crippen LogP contribution in [-0.4, -0.2) is 15.3 Å². The van der Waals surface area contributed by atoms with E-state index in [4.69, 9.17) is 0 Å². The van der Waals surface area contributed by atoms with Crippen LogP contribution in [0, 0.1) is 0 Å². The van der Waals surface area contributed by atoms with E-state index in [0.29, 0.717) is 0 Å². The van der Waals surface area contributed by atoms with Crippen molar-refractivity contribution in [1.82, 2.24) is 9.55 Å². The van der Waals surface area contributed by atoms with Gasteiger partial charge in [-0.2, -0.15) is 0 Å². The predicted molar refractivity (Wildman–Crippen MR) is 66.4 cm³/mol. The lowest BCUT2D eigenvalue weighted by molar-refractivity contribution is 0.702. The molecule has 0 aliphatic carbocycles. The smallest absolute Gasteiger partial charge is 0.169 e. The minimum Gasteiger partial charge on any atom is -0.319 e. The Morgan fingerprint density at radius 3 is 2.80 bits per heavy atom. The van der Waals surface area contributed by atoms with Crippen molar-refractivity contribution >= 4 is 22.8 Å². The summed E-state index contributed by atoms with van der Waals surface area (Å²) in [4.78, 5) is 4.65. The Balaban J connectivity index is 2.44. The van der Waals surface area contributed by atoms with Gasteiger partial charge >= 0.3 is 0 Å². The number of thioether (sulfide) groups is 1. The van der Waals surface area contributed by atoms with E-state index in [0.717, 1.165) is 23.0 Å². The normalized spacial score (nSPS) is 11.1. The summed E-state index contributed by atoms with van der Waals surface area (Å²) in [6, 6.07) is 8.34. The van der Waals surface area contributed by atoms with Crippen LogP contribution in [0.2, 0.25) is 0 Å². The summed E-state index contributed by atoms with van der Waals surface area (Å²) in [6.07, 6.45) is 1.19. The number of fused-ring (bicyclic) bond motifs is 1. The van der Waals surface area contributed by atoms with Gasteiger partial charge < -0.3 is 4.57 Å². The third kappa shape index (κ3) is 2.02. The van der Waals surface area contributed by atoms with Crippen LogP contribution in [0.1, 0.15) is 20.3 Å². The molecule has 1 heterocycles. The Morgan fingerprint density at radius 2 is 2.07 bits per heavy atom. The summed E-state index contributed by atoms with van der Waals surface area (Å²) in [5.74, 6) is 1.14. The number of hydrogen-bond acceptors (Lipinski definition) is 2. The second-order valence-electron chi connectivity index (χ2n) is 3.48. The van der Waals surface area contributed by atoms with Gasteiger partial charge in [-0.15, -0.1) is 0 Å².